The Balaban J connectivity index is 2.00. The third-order valence-corrected chi connectivity index (χ3v) is 2.50. The Morgan fingerprint density at radius 1 is 1.32 bits per heavy atom. The van der Waals surface area contributed by atoms with Crippen molar-refractivity contribution in [1.82, 2.24) is 10.3 Å². The average Bonchev–Trinajstić information content (AvgIpc) is 2.34. The highest BCUT2D eigenvalue weighted by Gasteiger charge is 2.15. The van der Waals surface area contributed by atoms with Gasteiger partial charge in [0.15, 0.2) is 0 Å². The molecule has 0 atom stereocenters. The number of hydrogen-bond acceptors (Lipinski definition) is 3. The molecule has 2 aromatic rings. The molecular weight excluding hydrogens is 240 g/mol. The van der Waals surface area contributed by atoms with Crippen molar-refractivity contribution in [2.45, 2.75) is 32.9 Å². The third kappa shape index (κ3) is 3.95. The quantitative estimate of drug-likeness (QED) is 0.899. The van der Waals surface area contributed by atoms with Crippen LogP contribution in [0, 0.1) is 0 Å². The van der Waals surface area contributed by atoms with E-state index in [0.717, 1.165) is 16.5 Å². The van der Waals surface area contributed by atoms with E-state index in [4.69, 9.17) is 4.74 Å². The second-order valence-corrected chi connectivity index (χ2v) is 5.39. The highest BCUT2D eigenvalue weighted by molar-refractivity contribution is 5.79. The molecule has 1 aromatic heterocycles. The second-order valence-electron chi connectivity index (χ2n) is 5.39. The molecule has 1 amide bonds. The maximum absolute atomic E-state index is 11.5. The van der Waals surface area contributed by atoms with Gasteiger partial charge in [0.25, 0.3) is 0 Å². The first-order chi connectivity index (χ1) is 8.94. The number of rotatable bonds is 2. The Bertz CT molecular complexity index is 588. The molecule has 0 spiro atoms. The van der Waals surface area contributed by atoms with Gasteiger partial charge in [0.1, 0.15) is 5.60 Å². The molecule has 0 aliphatic carbocycles. The van der Waals surface area contributed by atoms with Crippen molar-refractivity contribution in [3.8, 4) is 0 Å². The minimum Gasteiger partial charge on any atom is -0.444 e. The lowest BCUT2D eigenvalue weighted by Crippen LogP contribution is -2.32. The summed E-state index contributed by atoms with van der Waals surface area (Å²) in [4.78, 5) is 15.8. The van der Waals surface area contributed by atoms with Gasteiger partial charge in [-0.3, -0.25) is 4.98 Å². The highest BCUT2D eigenvalue weighted by Crippen LogP contribution is 2.13. The van der Waals surface area contributed by atoms with Crippen molar-refractivity contribution in [3.05, 3.63) is 42.1 Å². The van der Waals surface area contributed by atoms with Crippen LogP contribution >= 0.6 is 0 Å². The van der Waals surface area contributed by atoms with Gasteiger partial charge >= 0.3 is 6.09 Å². The summed E-state index contributed by atoms with van der Waals surface area (Å²) < 4.78 is 5.18. The van der Waals surface area contributed by atoms with E-state index in [1.807, 2.05) is 51.1 Å². The van der Waals surface area contributed by atoms with E-state index in [-0.39, 0.29) is 0 Å². The van der Waals surface area contributed by atoms with Gasteiger partial charge in [0, 0.05) is 18.1 Å². The van der Waals surface area contributed by atoms with E-state index in [1.165, 1.54) is 0 Å². The maximum atomic E-state index is 11.5. The Morgan fingerprint density at radius 2 is 2.11 bits per heavy atom. The largest absolute Gasteiger partial charge is 0.444 e. The van der Waals surface area contributed by atoms with Crippen LogP contribution in [0.25, 0.3) is 10.9 Å². The van der Waals surface area contributed by atoms with Crippen LogP contribution in [-0.2, 0) is 11.3 Å². The molecule has 1 heterocycles. The molecule has 0 saturated carbocycles. The Kier molecular flexibility index (Phi) is 3.69. The lowest BCUT2D eigenvalue weighted by molar-refractivity contribution is 0.0523. The summed E-state index contributed by atoms with van der Waals surface area (Å²) in [6.45, 7) is 5.97. The Labute approximate surface area is 112 Å². The smallest absolute Gasteiger partial charge is 0.407 e. The third-order valence-electron chi connectivity index (χ3n) is 2.50. The van der Waals surface area contributed by atoms with Gasteiger partial charge in [0.2, 0.25) is 0 Å². The fourth-order valence-electron chi connectivity index (χ4n) is 1.72. The molecule has 0 bridgehead atoms. The highest BCUT2D eigenvalue weighted by atomic mass is 16.6. The molecular formula is C15H18N2O2. The van der Waals surface area contributed by atoms with Crippen LogP contribution < -0.4 is 5.32 Å². The molecule has 19 heavy (non-hydrogen) atoms. The van der Waals surface area contributed by atoms with Crippen LogP contribution in [-0.4, -0.2) is 16.7 Å². The summed E-state index contributed by atoms with van der Waals surface area (Å²) in [5, 5.41) is 3.80. The zero-order valence-corrected chi connectivity index (χ0v) is 11.4. The van der Waals surface area contributed by atoms with E-state index in [0.29, 0.717) is 6.54 Å². The number of nitrogens with one attached hydrogen (secondary N) is 1. The number of alkyl carbamates (subject to hydrolysis) is 1. The van der Waals surface area contributed by atoms with Crippen molar-refractivity contribution in [1.29, 1.82) is 0 Å². The number of amides is 1. The fourth-order valence-corrected chi connectivity index (χ4v) is 1.72. The summed E-state index contributed by atoms with van der Waals surface area (Å²) in [7, 11) is 0. The number of aromatic nitrogens is 1. The van der Waals surface area contributed by atoms with Crippen LogP contribution in [0.1, 0.15) is 26.3 Å². The topological polar surface area (TPSA) is 51.2 Å². The zero-order chi connectivity index (χ0) is 13.9. The first-order valence-electron chi connectivity index (χ1n) is 6.24. The number of nitrogens with zero attached hydrogens (tertiary/aromatic N) is 1. The van der Waals surface area contributed by atoms with Crippen LogP contribution in [0.3, 0.4) is 0 Å². The number of carbonyl (C=O) groups excluding carboxylic acids is 1. The molecule has 0 saturated heterocycles. The lowest BCUT2D eigenvalue weighted by atomic mass is 10.1. The van der Waals surface area contributed by atoms with Crippen LogP contribution in [0.4, 0.5) is 4.79 Å². The number of fused-ring (bicyclic) bond motifs is 1. The molecule has 100 valence electrons. The normalized spacial score (nSPS) is 11.3. The number of hydrogen-bond donors (Lipinski definition) is 1. The number of carbonyl (C=O) groups is 1. The Hall–Kier alpha value is -2.10. The van der Waals surface area contributed by atoms with Gasteiger partial charge in [-0.15, -0.1) is 0 Å². The van der Waals surface area contributed by atoms with Gasteiger partial charge < -0.3 is 10.1 Å². The van der Waals surface area contributed by atoms with Gasteiger partial charge in [-0.2, -0.15) is 0 Å². The van der Waals surface area contributed by atoms with Crippen LogP contribution in [0.2, 0.25) is 0 Å². The molecule has 2 rings (SSSR count). The van der Waals surface area contributed by atoms with E-state index >= 15 is 0 Å². The van der Waals surface area contributed by atoms with Gasteiger partial charge in [-0.05, 0) is 44.5 Å². The number of benzene rings is 1. The number of pyridine rings is 1. The van der Waals surface area contributed by atoms with E-state index in [2.05, 4.69) is 10.3 Å². The predicted molar refractivity (Wildman–Crippen MR) is 74.8 cm³/mol. The Morgan fingerprint density at radius 3 is 2.84 bits per heavy atom. The van der Waals surface area contributed by atoms with E-state index in [1.54, 1.807) is 6.20 Å². The standard InChI is InChI=1S/C15H18N2O2/c1-15(2,3)19-14(18)17-10-11-6-7-13-12(9-11)5-4-8-16-13/h4-9H,10H2,1-3H3,(H,17,18). The molecule has 0 aliphatic rings. The van der Waals surface area contributed by atoms with Crippen molar-refractivity contribution < 1.29 is 9.53 Å². The maximum Gasteiger partial charge on any atom is 0.407 e. The molecule has 0 radical (unpaired) electrons. The SMILES string of the molecule is CC(C)(C)OC(=O)NCc1ccc2ncccc2c1. The van der Waals surface area contributed by atoms with Crippen molar-refractivity contribution in [3.63, 3.8) is 0 Å². The minimum atomic E-state index is -0.475. The van der Waals surface area contributed by atoms with Gasteiger partial charge in [-0.1, -0.05) is 12.1 Å². The summed E-state index contributed by atoms with van der Waals surface area (Å²) in [6, 6.07) is 9.81. The van der Waals surface area contributed by atoms with Crippen molar-refractivity contribution >= 4 is 17.0 Å². The summed E-state index contributed by atoms with van der Waals surface area (Å²) in [5.41, 5.74) is 1.49. The van der Waals surface area contributed by atoms with E-state index < -0.39 is 11.7 Å². The number of ether oxygens (including phenoxy) is 1. The average molecular weight is 258 g/mol. The van der Waals surface area contributed by atoms with Crippen molar-refractivity contribution in [2.75, 3.05) is 0 Å². The molecule has 1 aromatic carbocycles. The minimum absolute atomic E-state index is 0.404. The summed E-state index contributed by atoms with van der Waals surface area (Å²) >= 11 is 0. The van der Waals surface area contributed by atoms with Crippen LogP contribution in [0.5, 0.6) is 0 Å². The van der Waals surface area contributed by atoms with E-state index in [9.17, 15) is 4.79 Å². The van der Waals surface area contributed by atoms with Gasteiger partial charge in [-0.25, -0.2) is 4.79 Å². The molecule has 1 N–H and O–H groups in total. The van der Waals surface area contributed by atoms with Crippen LogP contribution in [0.15, 0.2) is 36.5 Å². The monoisotopic (exact) mass is 258 g/mol. The molecule has 4 nitrogen and oxygen atoms in total. The molecule has 0 fully saturated rings. The first-order valence-corrected chi connectivity index (χ1v) is 6.24. The van der Waals surface area contributed by atoms with Gasteiger partial charge in [0.05, 0.1) is 5.52 Å². The zero-order valence-electron chi connectivity index (χ0n) is 11.4. The molecule has 0 aliphatic heterocycles. The molecule has 4 heteroatoms. The first kappa shape index (κ1) is 13.3. The second kappa shape index (κ2) is 5.26. The van der Waals surface area contributed by atoms with Crippen molar-refractivity contribution in [2.24, 2.45) is 0 Å². The molecule has 0 unspecified atom stereocenters. The summed E-state index contributed by atoms with van der Waals surface area (Å²) in [5.74, 6) is 0. The lowest BCUT2D eigenvalue weighted by Gasteiger charge is -2.19. The fraction of sp³-hybridized carbons (Fsp3) is 0.333. The predicted octanol–water partition coefficient (Wildman–Crippen LogP) is 3.26. The summed E-state index contributed by atoms with van der Waals surface area (Å²) in [6.07, 6.45) is 1.36.